The van der Waals surface area contributed by atoms with E-state index in [-0.39, 0.29) is 56.6 Å². The third-order valence-corrected chi connectivity index (χ3v) is 14.1. The second kappa shape index (κ2) is 9.17. The van der Waals surface area contributed by atoms with Crippen LogP contribution in [0.25, 0.3) is 0 Å². The molecule has 4 saturated carbocycles. The second-order valence-corrected chi connectivity index (χ2v) is 18.1. The maximum absolute atomic E-state index is 14.6. The third-order valence-electron chi connectivity index (χ3n) is 14.1. The van der Waals surface area contributed by atoms with Crippen LogP contribution in [0.2, 0.25) is 0 Å². The van der Waals surface area contributed by atoms with E-state index in [1.54, 1.807) is 0 Å². The molecule has 9 atom stereocenters. The number of aliphatic hydroxyl groups is 1. The highest BCUT2D eigenvalue weighted by Crippen LogP contribution is 2.75. The van der Waals surface area contributed by atoms with Crippen molar-refractivity contribution in [2.24, 2.45) is 50.2 Å². The van der Waals surface area contributed by atoms with E-state index < -0.39 is 22.6 Å². The molecule has 6 heteroatoms. The van der Waals surface area contributed by atoms with Crippen LogP contribution in [0.4, 0.5) is 0 Å². The summed E-state index contributed by atoms with van der Waals surface area (Å²) in [5.41, 5.74) is -0.741. The number of hydrogen-bond donors (Lipinski definition) is 2. The summed E-state index contributed by atoms with van der Waals surface area (Å²) < 4.78 is 5.61. The van der Waals surface area contributed by atoms with Crippen molar-refractivity contribution in [3.8, 4) is 0 Å². The number of esters is 1. The Hall–Kier alpha value is -1.69. The van der Waals surface area contributed by atoms with Gasteiger partial charge in [-0.05, 0) is 112 Å². The summed E-state index contributed by atoms with van der Waals surface area (Å²) in [4.78, 5) is 40.2. The largest absolute Gasteiger partial charge is 0.433 e. The quantitative estimate of drug-likeness (QED) is 0.266. The molecule has 5 rings (SSSR count). The Morgan fingerprint density at radius 1 is 0.929 bits per heavy atom. The average molecular weight is 584 g/mol. The maximum Gasteiger partial charge on any atom is 0.305 e. The van der Waals surface area contributed by atoms with Crippen molar-refractivity contribution in [3.05, 3.63) is 11.6 Å². The Kier molecular flexibility index (Phi) is 6.93. The number of fused-ring (bicyclic) bond motifs is 7. The molecule has 5 aliphatic rings. The standard InChI is InChI=1S/C36H57NO5/c1-22(38)42-36(41)19-17-33(9)26(30(36,5)6)12-13-35(11)27(33)25(39)20-23-24-21-32(8,28(40)37-29(2,3)4)15-14-31(24,7)16-18-34(23,35)10/h20,24,26-27,41H,12-19,21H2,1-11H3,(H,37,40)/t24-,26?,27+,31+,32-,33-,34+,35+,36-/m0/s1. The lowest BCUT2D eigenvalue weighted by Crippen LogP contribution is -2.69. The van der Waals surface area contributed by atoms with Gasteiger partial charge in [0.25, 0.3) is 0 Å². The molecule has 236 valence electrons. The number of ketones is 1. The van der Waals surface area contributed by atoms with Gasteiger partial charge in [0.2, 0.25) is 11.7 Å². The van der Waals surface area contributed by atoms with Crippen molar-refractivity contribution in [2.45, 2.75) is 145 Å². The number of carbonyl (C=O) groups excluding carboxylic acids is 3. The van der Waals surface area contributed by atoms with Crippen molar-refractivity contribution >= 4 is 17.7 Å². The molecule has 0 heterocycles. The van der Waals surface area contributed by atoms with Crippen LogP contribution in [-0.2, 0) is 19.1 Å². The van der Waals surface area contributed by atoms with Crippen molar-refractivity contribution in [1.82, 2.24) is 5.32 Å². The first-order valence-corrected chi connectivity index (χ1v) is 16.5. The van der Waals surface area contributed by atoms with E-state index in [4.69, 9.17) is 4.74 Å². The molecular formula is C36H57NO5. The van der Waals surface area contributed by atoms with Gasteiger partial charge in [0.1, 0.15) is 0 Å². The van der Waals surface area contributed by atoms with Gasteiger partial charge in [-0.25, -0.2) is 0 Å². The molecule has 0 bridgehead atoms. The van der Waals surface area contributed by atoms with Crippen LogP contribution >= 0.6 is 0 Å². The van der Waals surface area contributed by atoms with Crippen molar-refractivity contribution in [3.63, 3.8) is 0 Å². The van der Waals surface area contributed by atoms with E-state index in [9.17, 15) is 19.5 Å². The SMILES string of the molecule is CC(=O)O[C@@]1(O)CC[C@@]2(C)C(CC[C@]3(C)[C@@H]2C(=O)C=C2[C@@H]4C[C@@](C)(C(=O)NC(C)(C)C)CC[C@]4(C)CC[C@]23C)C1(C)C. The zero-order valence-electron chi connectivity index (χ0n) is 28.3. The molecule has 5 aliphatic carbocycles. The first kappa shape index (κ1) is 31.7. The highest BCUT2D eigenvalue weighted by molar-refractivity contribution is 5.96. The molecule has 0 aromatic heterocycles. The van der Waals surface area contributed by atoms with Crippen LogP contribution in [0.3, 0.4) is 0 Å². The van der Waals surface area contributed by atoms with Crippen LogP contribution in [-0.4, -0.2) is 34.1 Å². The van der Waals surface area contributed by atoms with Gasteiger partial charge in [-0.1, -0.05) is 54.0 Å². The highest BCUT2D eigenvalue weighted by atomic mass is 16.7. The molecule has 0 aromatic carbocycles. The van der Waals surface area contributed by atoms with Gasteiger partial charge in [-0.3, -0.25) is 14.4 Å². The minimum absolute atomic E-state index is 0.0385. The monoisotopic (exact) mass is 583 g/mol. The summed E-state index contributed by atoms with van der Waals surface area (Å²) in [7, 11) is 0. The maximum atomic E-state index is 14.6. The van der Waals surface area contributed by atoms with Crippen LogP contribution in [0.1, 0.15) is 134 Å². The van der Waals surface area contributed by atoms with Crippen LogP contribution in [0.5, 0.6) is 0 Å². The van der Waals surface area contributed by atoms with Gasteiger partial charge in [-0.2, -0.15) is 0 Å². The molecule has 0 spiro atoms. The third kappa shape index (κ3) is 4.23. The molecule has 0 saturated heterocycles. The lowest BCUT2D eigenvalue weighted by molar-refractivity contribution is -0.314. The highest BCUT2D eigenvalue weighted by Gasteiger charge is 2.72. The Labute approximate surface area is 254 Å². The lowest BCUT2D eigenvalue weighted by atomic mass is 9.33. The Bertz CT molecular complexity index is 1230. The fourth-order valence-corrected chi connectivity index (χ4v) is 11.2. The number of amides is 1. The van der Waals surface area contributed by atoms with Crippen LogP contribution in [0.15, 0.2) is 11.6 Å². The van der Waals surface area contributed by atoms with Gasteiger partial charge in [0.15, 0.2) is 5.78 Å². The number of ether oxygens (including phenoxy) is 1. The Morgan fingerprint density at radius 3 is 2.14 bits per heavy atom. The second-order valence-electron chi connectivity index (χ2n) is 18.1. The minimum atomic E-state index is -1.54. The molecule has 6 nitrogen and oxygen atoms in total. The number of nitrogens with one attached hydrogen (secondary N) is 1. The van der Waals surface area contributed by atoms with Crippen molar-refractivity contribution < 1.29 is 24.2 Å². The van der Waals surface area contributed by atoms with Gasteiger partial charge in [0, 0.05) is 35.6 Å². The van der Waals surface area contributed by atoms with E-state index in [0.29, 0.717) is 12.8 Å². The fourth-order valence-electron chi connectivity index (χ4n) is 11.2. The van der Waals surface area contributed by atoms with Crippen molar-refractivity contribution in [2.75, 3.05) is 0 Å². The van der Waals surface area contributed by atoms with Crippen molar-refractivity contribution in [1.29, 1.82) is 0 Å². The van der Waals surface area contributed by atoms with E-state index >= 15 is 0 Å². The Balaban J connectivity index is 1.55. The molecule has 2 N–H and O–H groups in total. The zero-order valence-corrected chi connectivity index (χ0v) is 28.3. The van der Waals surface area contributed by atoms with Gasteiger partial charge >= 0.3 is 5.97 Å². The topological polar surface area (TPSA) is 92.7 Å². The molecule has 4 fully saturated rings. The number of allylic oxidation sites excluding steroid dienone is 2. The van der Waals surface area contributed by atoms with E-state index in [2.05, 4.69) is 39.9 Å². The first-order chi connectivity index (χ1) is 19.0. The smallest absolute Gasteiger partial charge is 0.305 e. The first-order valence-electron chi connectivity index (χ1n) is 16.5. The molecule has 1 unspecified atom stereocenters. The van der Waals surface area contributed by atoms with E-state index in [1.807, 2.05) is 40.7 Å². The molecule has 1 amide bonds. The summed E-state index contributed by atoms with van der Waals surface area (Å²) >= 11 is 0. The number of carbonyl (C=O) groups is 3. The predicted molar refractivity (Wildman–Crippen MR) is 164 cm³/mol. The summed E-state index contributed by atoms with van der Waals surface area (Å²) in [6.45, 7) is 23.1. The zero-order chi connectivity index (χ0) is 31.5. The van der Waals surface area contributed by atoms with E-state index in [1.165, 1.54) is 12.5 Å². The van der Waals surface area contributed by atoms with Crippen LogP contribution < -0.4 is 5.32 Å². The normalized spacial score (nSPS) is 48.0. The fraction of sp³-hybridized carbons (Fsp3) is 0.861. The number of rotatable bonds is 2. The van der Waals surface area contributed by atoms with Crippen LogP contribution in [0, 0.1) is 50.2 Å². The molecular weight excluding hydrogens is 526 g/mol. The van der Waals surface area contributed by atoms with Gasteiger partial charge in [-0.15, -0.1) is 0 Å². The summed E-state index contributed by atoms with van der Waals surface area (Å²) in [5, 5.41) is 14.9. The summed E-state index contributed by atoms with van der Waals surface area (Å²) in [6.07, 6.45) is 9.60. The molecule has 0 aromatic rings. The Morgan fingerprint density at radius 2 is 1.55 bits per heavy atom. The summed E-state index contributed by atoms with van der Waals surface area (Å²) in [5.74, 6) is -1.57. The number of hydrogen-bond acceptors (Lipinski definition) is 5. The van der Waals surface area contributed by atoms with Gasteiger partial charge in [0.05, 0.1) is 0 Å². The molecule has 0 aliphatic heterocycles. The molecule has 42 heavy (non-hydrogen) atoms. The summed E-state index contributed by atoms with van der Waals surface area (Å²) in [6, 6.07) is 0. The van der Waals surface area contributed by atoms with Gasteiger partial charge < -0.3 is 15.2 Å². The average Bonchev–Trinajstić information content (AvgIpc) is 2.83. The van der Waals surface area contributed by atoms with E-state index in [0.717, 1.165) is 44.9 Å². The minimum Gasteiger partial charge on any atom is -0.433 e. The predicted octanol–water partition coefficient (Wildman–Crippen LogP) is 7.13. The lowest BCUT2D eigenvalue weighted by Gasteiger charge is -2.71. The molecule has 0 radical (unpaired) electrons.